The Balaban J connectivity index is 2.46. The fourth-order valence-electron chi connectivity index (χ4n) is 2.79. The van der Waals surface area contributed by atoms with E-state index in [1.165, 1.54) is 0 Å². The normalized spacial score (nSPS) is 23.0. The topological polar surface area (TPSA) is 79.8 Å². The number of hydrogen-bond acceptors (Lipinski definition) is 4. The number of hydrogen-bond donors (Lipinski definition) is 2. The molecule has 1 aliphatic carbocycles. The summed E-state index contributed by atoms with van der Waals surface area (Å²) < 4.78 is 17.0. The van der Waals surface area contributed by atoms with E-state index in [0.717, 1.165) is 38.2 Å². The third-order valence-corrected chi connectivity index (χ3v) is 6.18. The fourth-order valence-corrected chi connectivity index (χ4v) is 3.66. The second-order valence-electron chi connectivity index (χ2n) is 7.37. The van der Waals surface area contributed by atoms with Crippen molar-refractivity contribution in [2.24, 2.45) is 10.9 Å². The van der Waals surface area contributed by atoms with Crippen LogP contribution in [-0.2, 0) is 20.3 Å². The lowest BCUT2D eigenvalue weighted by atomic mass is 9.86. The van der Waals surface area contributed by atoms with Crippen LogP contribution in [0.15, 0.2) is 4.99 Å². The first-order valence-electron chi connectivity index (χ1n) is 9.37. The van der Waals surface area contributed by atoms with Crippen LogP contribution in [0.1, 0.15) is 60.3 Å². The molecule has 7 heteroatoms. The Bertz CT molecular complexity index is 467. The van der Waals surface area contributed by atoms with E-state index in [4.69, 9.17) is 4.74 Å². The maximum atomic E-state index is 12.1. The maximum Gasteiger partial charge on any atom is 0.308 e. The minimum atomic E-state index is -0.891. The van der Waals surface area contributed by atoms with Crippen molar-refractivity contribution < 1.29 is 13.7 Å². The van der Waals surface area contributed by atoms with Crippen molar-refractivity contribution >= 4 is 22.7 Å². The molecule has 1 atom stereocenters. The molecule has 0 amide bonds. The molecule has 1 aliphatic rings. The van der Waals surface area contributed by atoms with Gasteiger partial charge in [-0.25, -0.2) is 0 Å². The first-order valence-corrected chi connectivity index (χ1v) is 10.7. The summed E-state index contributed by atoms with van der Waals surface area (Å²) in [6, 6.07) is 0.316. The minimum absolute atomic E-state index is 0.0340. The van der Waals surface area contributed by atoms with Crippen LogP contribution in [0.3, 0.4) is 0 Å². The van der Waals surface area contributed by atoms with Crippen LogP contribution >= 0.6 is 0 Å². The second-order valence-corrected chi connectivity index (χ2v) is 9.69. The van der Waals surface area contributed by atoms with E-state index in [0.29, 0.717) is 24.9 Å². The molecule has 1 rings (SSSR count). The summed E-state index contributed by atoms with van der Waals surface area (Å²) in [5.41, 5.74) is 0. The largest absolute Gasteiger partial charge is 0.466 e. The van der Waals surface area contributed by atoms with Crippen molar-refractivity contribution in [3.05, 3.63) is 0 Å². The lowest BCUT2D eigenvalue weighted by Crippen LogP contribution is -2.45. The minimum Gasteiger partial charge on any atom is -0.466 e. The molecule has 0 bridgehead atoms. The highest BCUT2D eigenvalue weighted by atomic mass is 32.2. The van der Waals surface area contributed by atoms with E-state index < -0.39 is 10.8 Å². The Kier molecular flexibility index (Phi) is 9.46. The van der Waals surface area contributed by atoms with Gasteiger partial charge in [-0.3, -0.25) is 14.0 Å². The predicted octanol–water partition coefficient (Wildman–Crippen LogP) is 2.21. The first kappa shape index (κ1) is 21.9. The molecule has 1 saturated carbocycles. The van der Waals surface area contributed by atoms with Crippen LogP contribution < -0.4 is 10.6 Å². The summed E-state index contributed by atoms with van der Waals surface area (Å²) in [7, 11) is -0.891. The van der Waals surface area contributed by atoms with Gasteiger partial charge in [0.25, 0.3) is 0 Å². The second kappa shape index (κ2) is 10.8. The molecule has 0 aromatic carbocycles. The van der Waals surface area contributed by atoms with Gasteiger partial charge in [-0.05, 0) is 60.3 Å². The van der Waals surface area contributed by atoms with Gasteiger partial charge in [-0.2, -0.15) is 0 Å². The molecule has 0 heterocycles. The van der Waals surface area contributed by atoms with E-state index >= 15 is 0 Å². The monoisotopic (exact) mass is 373 g/mol. The van der Waals surface area contributed by atoms with Crippen molar-refractivity contribution in [1.82, 2.24) is 10.6 Å². The first-order chi connectivity index (χ1) is 11.8. The third-order valence-electron chi connectivity index (χ3n) is 4.26. The maximum absolute atomic E-state index is 12.1. The molecule has 0 aliphatic heterocycles. The zero-order valence-electron chi connectivity index (χ0n) is 16.4. The summed E-state index contributed by atoms with van der Waals surface area (Å²) in [5, 5.41) is 6.69. The van der Waals surface area contributed by atoms with Crippen LogP contribution in [0.4, 0.5) is 0 Å². The molecule has 1 fully saturated rings. The molecular weight excluding hydrogens is 338 g/mol. The SMILES string of the molecule is CCNC(=NCCS(=O)C(C)(C)C)NC1CCC(C(=O)OCC)CC1. The Morgan fingerprint density at radius 1 is 1.20 bits per heavy atom. The summed E-state index contributed by atoms with van der Waals surface area (Å²) in [4.78, 5) is 16.4. The van der Waals surface area contributed by atoms with Crippen molar-refractivity contribution in [2.45, 2.75) is 71.1 Å². The highest BCUT2D eigenvalue weighted by molar-refractivity contribution is 7.86. The Hall–Kier alpha value is -1.11. The van der Waals surface area contributed by atoms with Gasteiger partial charge < -0.3 is 15.4 Å². The van der Waals surface area contributed by atoms with Crippen LogP contribution in [-0.4, -0.2) is 52.4 Å². The van der Waals surface area contributed by atoms with Crippen LogP contribution in [0.25, 0.3) is 0 Å². The van der Waals surface area contributed by atoms with Gasteiger partial charge in [0, 0.05) is 33.9 Å². The van der Waals surface area contributed by atoms with Gasteiger partial charge in [0.15, 0.2) is 5.96 Å². The zero-order chi connectivity index (χ0) is 18.9. The highest BCUT2D eigenvalue weighted by Crippen LogP contribution is 2.25. The number of guanidine groups is 1. The van der Waals surface area contributed by atoms with Crippen molar-refractivity contribution in [3.63, 3.8) is 0 Å². The number of carbonyl (C=O) groups is 1. The number of aliphatic imine (C=N–C) groups is 1. The molecule has 0 aromatic rings. The summed E-state index contributed by atoms with van der Waals surface area (Å²) in [5.74, 6) is 1.31. The number of nitrogens with one attached hydrogen (secondary N) is 2. The number of rotatable bonds is 7. The molecule has 1 unspecified atom stereocenters. The fraction of sp³-hybridized carbons (Fsp3) is 0.889. The van der Waals surface area contributed by atoms with Crippen molar-refractivity contribution in [3.8, 4) is 0 Å². The van der Waals surface area contributed by atoms with Crippen LogP contribution in [0.2, 0.25) is 0 Å². The summed E-state index contributed by atoms with van der Waals surface area (Å²) >= 11 is 0. The summed E-state index contributed by atoms with van der Waals surface area (Å²) in [6.07, 6.45) is 3.57. The molecular formula is C18H35N3O3S. The quantitative estimate of drug-likeness (QED) is 0.406. The van der Waals surface area contributed by atoms with E-state index in [1.807, 2.05) is 34.6 Å². The Morgan fingerprint density at radius 2 is 1.84 bits per heavy atom. The molecule has 0 saturated heterocycles. The average molecular weight is 374 g/mol. The van der Waals surface area contributed by atoms with Gasteiger partial charge >= 0.3 is 5.97 Å². The highest BCUT2D eigenvalue weighted by Gasteiger charge is 2.27. The lowest BCUT2D eigenvalue weighted by molar-refractivity contribution is -0.149. The van der Waals surface area contributed by atoms with E-state index in [2.05, 4.69) is 15.6 Å². The smallest absolute Gasteiger partial charge is 0.308 e. The molecule has 6 nitrogen and oxygen atoms in total. The molecule has 146 valence electrons. The Morgan fingerprint density at radius 3 is 2.36 bits per heavy atom. The molecule has 0 aromatic heterocycles. The average Bonchev–Trinajstić information content (AvgIpc) is 2.55. The number of esters is 1. The van der Waals surface area contributed by atoms with Gasteiger partial charge in [-0.1, -0.05) is 0 Å². The van der Waals surface area contributed by atoms with Gasteiger partial charge in [0.1, 0.15) is 0 Å². The molecule has 0 spiro atoms. The predicted molar refractivity (Wildman–Crippen MR) is 104 cm³/mol. The van der Waals surface area contributed by atoms with Crippen molar-refractivity contribution in [2.75, 3.05) is 25.4 Å². The molecule has 0 radical (unpaired) electrons. The number of nitrogens with zero attached hydrogens (tertiary/aromatic N) is 1. The van der Waals surface area contributed by atoms with Crippen molar-refractivity contribution in [1.29, 1.82) is 0 Å². The third kappa shape index (κ3) is 8.21. The number of ether oxygens (including phenoxy) is 1. The van der Waals surface area contributed by atoms with E-state index in [9.17, 15) is 9.00 Å². The lowest BCUT2D eigenvalue weighted by Gasteiger charge is -2.29. The molecule has 25 heavy (non-hydrogen) atoms. The standard InChI is InChI=1S/C18H35N3O3S/c1-6-19-17(20-12-13-25(23)18(3,4)5)21-15-10-8-14(9-11-15)16(22)24-7-2/h14-15H,6-13H2,1-5H3,(H2,19,20,21). The van der Waals surface area contributed by atoms with Gasteiger partial charge in [0.05, 0.1) is 19.1 Å². The van der Waals surface area contributed by atoms with Gasteiger partial charge in [-0.15, -0.1) is 0 Å². The number of carbonyl (C=O) groups excluding carboxylic acids is 1. The summed E-state index contributed by atoms with van der Waals surface area (Å²) in [6.45, 7) is 11.6. The van der Waals surface area contributed by atoms with Crippen LogP contribution in [0, 0.1) is 5.92 Å². The van der Waals surface area contributed by atoms with E-state index in [-0.39, 0.29) is 16.6 Å². The Labute approximate surface area is 155 Å². The molecule has 2 N–H and O–H groups in total. The van der Waals surface area contributed by atoms with Crippen LogP contribution in [0.5, 0.6) is 0 Å². The van der Waals surface area contributed by atoms with Gasteiger partial charge in [0.2, 0.25) is 0 Å². The van der Waals surface area contributed by atoms with E-state index in [1.54, 1.807) is 0 Å². The zero-order valence-corrected chi connectivity index (χ0v) is 17.2.